The first-order valence-corrected chi connectivity index (χ1v) is 8.47. The number of carbonyl (C=O) groups is 2. The minimum Gasteiger partial charge on any atom is -0.372 e. The van der Waals surface area contributed by atoms with Crippen LogP contribution < -0.4 is 10.6 Å². The Kier molecular flexibility index (Phi) is 7.64. The van der Waals surface area contributed by atoms with Crippen molar-refractivity contribution in [3.63, 3.8) is 0 Å². The minimum absolute atomic E-state index is 0.0341. The van der Waals surface area contributed by atoms with Crippen LogP contribution in [-0.4, -0.2) is 60.6 Å². The van der Waals surface area contributed by atoms with Crippen LogP contribution in [0.25, 0.3) is 0 Å². The van der Waals surface area contributed by atoms with Gasteiger partial charge in [0.25, 0.3) is 0 Å². The largest absolute Gasteiger partial charge is 0.372 e. The second-order valence-corrected chi connectivity index (χ2v) is 5.79. The summed E-state index contributed by atoms with van der Waals surface area (Å²) >= 11 is 0. The number of pyridine rings is 1. The summed E-state index contributed by atoms with van der Waals surface area (Å²) in [4.78, 5) is 30.4. The summed E-state index contributed by atoms with van der Waals surface area (Å²) in [6, 6.07) is 3.22. The number of piperazine rings is 1. The molecule has 1 atom stereocenters. The minimum atomic E-state index is -0.502. The SMILES string of the molecule is CCCCOCC(=O)N1CCNC[C@@H]1C(=O)NCc1cccnc1. The molecular weight excluding hydrogens is 308 g/mol. The van der Waals surface area contributed by atoms with E-state index in [1.165, 1.54) is 0 Å². The maximum Gasteiger partial charge on any atom is 0.249 e. The van der Waals surface area contributed by atoms with Crippen molar-refractivity contribution >= 4 is 11.8 Å². The maximum absolute atomic E-state index is 12.5. The van der Waals surface area contributed by atoms with Crippen molar-refractivity contribution in [1.82, 2.24) is 20.5 Å². The van der Waals surface area contributed by atoms with Gasteiger partial charge in [0.1, 0.15) is 12.6 Å². The molecule has 2 amide bonds. The molecule has 1 aromatic rings. The van der Waals surface area contributed by atoms with Gasteiger partial charge in [-0.2, -0.15) is 0 Å². The molecule has 7 heteroatoms. The highest BCUT2D eigenvalue weighted by Crippen LogP contribution is 2.06. The number of nitrogens with zero attached hydrogens (tertiary/aromatic N) is 2. The number of aromatic nitrogens is 1. The Labute approximate surface area is 142 Å². The first kappa shape index (κ1) is 18.4. The Morgan fingerprint density at radius 1 is 1.50 bits per heavy atom. The van der Waals surface area contributed by atoms with Gasteiger partial charge in [-0.25, -0.2) is 0 Å². The van der Waals surface area contributed by atoms with E-state index < -0.39 is 6.04 Å². The summed E-state index contributed by atoms with van der Waals surface area (Å²) in [6.07, 6.45) is 5.37. The van der Waals surface area contributed by atoms with Crippen LogP contribution >= 0.6 is 0 Å². The summed E-state index contributed by atoms with van der Waals surface area (Å²) in [7, 11) is 0. The highest BCUT2D eigenvalue weighted by atomic mass is 16.5. The Balaban J connectivity index is 1.85. The van der Waals surface area contributed by atoms with Crippen molar-refractivity contribution < 1.29 is 14.3 Å². The first-order chi connectivity index (χ1) is 11.7. The summed E-state index contributed by atoms with van der Waals surface area (Å²) < 4.78 is 5.39. The monoisotopic (exact) mass is 334 g/mol. The summed E-state index contributed by atoms with van der Waals surface area (Å²) in [5, 5.41) is 6.04. The van der Waals surface area contributed by atoms with Gasteiger partial charge >= 0.3 is 0 Å². The van der Waals surface area contributed by atoms with E-state index in [9.17, 15) is 9.59 Å². The van der Waals surface area contributed by atoms with Gasteiger partial charge < -0.3 is 20.3 Å². The molecule has 2 heterocycles. The number of hydrogen-bond acceptors (Lipinski definition) is 5. The molecule has 132 valence electrons. The van der Waals surface area contributed by atoms with E-state index in [0.29, 0.717) is 32.8 Å². The van der Waals surface area contributed by atoms with Crippen LogP contribution in [0.2, 0.25) is 0 Å². The van der Waals surface area contributed by atoms with E-state index >= 15 is 0 Å². The zero-order valence-corrected chi connectivity index (χ0v) is 14.2. The number of ether oxygens (including phenoxy) is 1. The Morgan fingerprint density at radius 2 is 2.38 bits per heavy atom. The fourth-order valence-electron chi connectivity index (χ4n) is 2.54. The van der Waals surface area contributed by atoms with Crippen molar-refractivity contribution in [2.75, 3.05) is 32.8 Å². The molecule has 0 saturated carbocycles. The average molecular weight is 334 g/mol. The van der Waals surface area contributed by atoms with Crippen molar-refractivity contribution in [1.29, 1.82) is 0 Å². The number of nitrogens with one attached hydrogen (secondary N) is 2. The second-order valence-electron chi connectivity index (χ2n) is 5.79. The van der Waals surface area contributed by atoms with Gasteiger partial charge in [-0.15, -0.1) is 0 Å². The fraction of sp³-hybridized carbons (Fsp3) is 0.588. The predicted molar refractivity (Wildman–Crippen MR) is 90.2 cm³/mol. The Bertz CT molecular complexity index is 524. The smallest absolute Gasteiger partial charge is 0.249 e. The molecule has 1 fully saturated rings. The van der Waals surface area contributed by atoms with Crippen molar-refractivity contribution in [3.8, 4) is 0 Å². The van der Waals surface area contributed by atoms with Crippen molar-refractivity contribution in [3.05, 3.63) is 30.1 Å². The van der Waals surface area contributed by atoms with Crippen LogP contribution in [0.15, 0.2) is 24.5 Å². The molecule has 2 N–H and O–H groups in total. The van der Waals surface area contributed by atoms with E-state index in [0.717, 1.165) is 18.4 Å². The molecule has 0 spiro atoms. The van der Waals surface area contributed by atoms with Gasteiger partial charge in [0.2, 0.25) is 11.8 Å². The van der Waals surface area contributed by atoms with Gasteiger partial charge in [0.15, 0.2) is 0 Å². The van der Waals surface area contributed by atoms with Crippen LogP contribution in [-0.2, 0) is 20.9 Å². The van der Waals surface area contributed by atoms with Gasteiger partial charge in [-0.05, 0) is 18.1 Å². The molecule has 24 heavy (non-hydrogen) atoms. The molecular formula is C17H26N4O3. The molecule has 0 aromatic carbocycles. The van der Waals surface area contributed by atoms with Gasteiger partial charge in [-0.1, -0.05) is 19.4 Å². The van der Waals surface area contributed by atoms with Gasteiger partial charge in [0.05, 0.1) is 0 Å². The van der Waals surface area contributed by atoms with Crippen LogP contribution in [0.5, 0.6) is 0 Å². The third kappa shape index (κ3) is 5.58. The topological polar surface area (TPSA) is 83.6 Å². The summed E-state index contributed by atoms with van der Waals surface area (Å²) in [5.74, 6) is -0.290. The van der Waals surface area contributed by atoms with Gasteiger partial charge in [0, 0.05) is 45.2 Å². The fourth-order valence-corrected chi connectivity index (χ4v) is 2.54. The molecule has 1 aliphatic rings. The number of amides is 2. The number of rotatable bonds is 8. The molecule has 7 nitrogen and oxygen atoms in total. The summed E-state index contributed by atoms with van der Waals surface area (Å²) in [5.41, 5.74) is 0.926. The number of hydrogen-bond donors (Lipinski definition) is 2. The lowest BCUT2D eigenvalue weighted by Gasteiger charge is -2.35. The van der Waals surface area contributed by atoms with Crippen LogP contribution in [0.1, 0.15) is 25.3 Å². The van der Waals surface area contributed by atoms with E-state index in [1.54, 1.807) is 17.3 Å². The molecule has 0 unspecified atom stereocenters. The molecule has 1 saturated heterocycles. The Hall–Kier alpha value is -1.99. The van der Waals surface area contributed by atoms with E-state index in [1.807, 2.05) is 12.1 Å². The molecule has 0 bridgehead atoms. The molecule has 2 rings (SSSR count). The molecule has 1 aliphatic heterocycles. The zero-order chi connectivity index (χ0) is 17.2. The van der Waals surface area contributed by atoms with Crippen molar-refractivity contribution in [2.45, 2.75) is 32.4 Å². The quantitative estimate of drug-likeness (QED) is 0.669. The Morgan fingerprint density at radius 3 is 3.12 bits per heavy atom. The molecule has 1 aromatic heterocycles. The van der Waals surface area contributed by atoms with E-state index in [-0.39, 0.29) is 18.4 Å². The molecule has 0 radical (unpaired) electrons. The van der Waals surface area contributed by atoms with Crippen LogP contribution in [0, 0.1) is 0 Å². The van der Waals surface area contributed by atoms with Crippen molar-refractivity contribution in [2.24, 2.45) is 0 Å². The summed E-state index contributed by atoms with van der Waals surface area (Å²) in [6.45, 7) is 4.74. The van der Waals surface area contributed by atoms with Gasteiger partial charge in [-0.3, -0.25) is 14.6 Å². The van der Waals surface area contributed by atoms with E-state index in [4.69, 9.17) is 4.74 Å². The highest BCUT2D eigenvalue weighted by molar-refractivity contribution is 5.88. The number of unbranched alkanes of at least 4 members (excludes halogenated alkanes) is 1. The molecule has 0 aliphatic carbocycles. The second kappa shape index (κ2) is 10.00. The first-order valence-electron chi connectivity index (χ1n) is 8.47. The third-order valence-corrected chi connectivity index (χ3v) is 3.92. The standard InChI is InChI=1S/C17H26N4O3/c1-2-3-9-24-13-16(22)21-8-7-19-12-15(21)17(23)20-11-14-5-4-6-18-10-14/h4-6,10,15,19H,2-3,7-9,11-13H2,1H3,(H,20,23)/t15-/m1/s1. The highest BCUT2D eigenvalue weighted by Gasteiger charge is 2.31. The maximum atomic E-state index is 12.5. The van der Waals surface area contributed by atoms with Crippen LogP contribution in [0.3, 0.4) is 0 Å². The average Bonchev–Trinajstić information content (AvgIpc) is 2.64. The lowest BCUT2D eigenvalue weighted by molar-refractivity contribution is -0.145. The predicted octanol–water partition coefficient (Wildman–Crippen LogP) is 0.315. The zero-order valence-electron chi connectivity index (χ0n) is 14.2. The third-order valence-electron chi connectivity index (χ3n) is 3.92. The van der Waals surface area contributed by atoms with Crippen LogP contribution in [0.4, 0.5) is 0 Å². The lowest BCUT2D eigenvalue weighted by Crippen LogP contribution is -2.60. The van der Waals surface area contributed by atoms with E-state index in [2.05, 4.69) is 22.5 Å². The number of carbonyl (C=O) groups excluding carboxylic acids is 2. The normalized spacial score (nSPS) is 17.5. The lowest BCUT2D eigenvalue weighted by atomic mass is 10.1.